The van der Waals surface area contributed by atoms with Crippen LogP contribution in [0, 0.1) is 11.3 Å². The molecule has 0 unspecified atom stereocenters. The number of carboxylic acids is 1. The molecule has 1 aromatic heterocycles. The standard InChI is InChI=1S/C20H12ClN3O3/c21-17-9-5-4-6-13(17)10-11-15-16(12-22)19(25)24(23-18(15)20(26)27)14-7-2-1-3-8-14/h1-11H,(H,26,27)/b11-10-. The van der Waals surface area contributed by atoms with E-state index in [9.17, 15) is 20.0 Å². The van der Waals surface area contributed by atoms with Crippen molar-refractivity contribution in [1.29, 1.82) is 5.26 Å². The number of halogens is 1. The van der Waals surface area contributed by atoms with Gasteiger partial charge in [-0.1, -0.05) is 60.2 Å². The quantitative estimate of drug-likeness (QED) is 0.749. The van der Waals surface area contributed by atoms with Crippen molar-refractivity contribution in [3.05, 3.63) is 92.4 Å². The molecular formula is C20H12ClN3O3. The zero-order valence-corrected chi connectivity index (χ0v) is 14.6. The molecule has 6 nitrogen and oxygen atoms in total. The molecule has 7 heteroatoms. The first kappa shape index (κ1) is 18.1. The van der Waals surface area contributed by atoms with Crippen LogP contribution in [-0.4, -0.2) is 20.9 Å². The lowest BCUT2D eigenvalue weighted by Crippen LogP contribution is -2.28. The summed E-state index contributed by atoms with van der Waals surface area (Å²) in [4.78, 5) is 24.4. The van der Waals surface area contributed by atoms with Gasteiger partial charge in [0.05, 0.1) is 5.69 Å². The average Bonchev–Trinajstić information content (AvgIpc) is 2.67. The third kappa shape index (κ3) is 3.64. The molecule has 1 N–H and O–H groups in total. The van der Waals surface area contributed by atoms with Crippen LogP contribution in [0.4, 0.5) is 0 Å². The Morgan fingerprint density at radius 1 is 1.11 bits per heavy atom. The van der Waals surface area contributed by atoms with Crippen LogP contribution in [0.15, 0.2) is 59.4 Å². The van der Waals surface area contributed by atoms with Crippen LogP contribution in [0.3, 0.4) is 0 Å². The molecule has 2 aromatic carbocycles. The molecule has 0 amide bonds. The lowest BCUT2D eigenvalue weighted by atomic mass is 10.1. The molecule has 0 spiro atoms. The predicted octanol–water partition coefficient (Wildman–Crippen LogP) is 3.63. The summed E-state index contributed by atoms with van der Waals surface area (Å²) in [5.41, 5.74) is -0.503. The van der Waals surface area contributed by atoms with Gasteiger partial charge in [-0.25, -0.2) is 4.79 Å². The maximum Gasteiger partial charge on any atom is 0.357 e. The number of carbonyl (C=O) groups is 1. The Morgan fingerprint density at radius 3 is 2.41 bits per heavy atom. The fraction of sp³-hybridized carbons (Fsp3) is 0. The van der Waals surface area contributed by atoms with E-state index in [0.29, 0.717) is 16.3 Å². The third-order valence-corrected chi connectivity index (χ3v) is 4.12. The Hall–Kier alpha value is -3.69. The lowest BCUT2D eigenvalue weighted by molar-refractivity contribution is 0.0688. The van der Waals surface area contributed by atoms with E-state index in [-0.39, 0.29) is 11.1 Å². The SMILES string of the molecule is N#Cc1c(/C=C\c2ccccc2Cl)c(C(=O)O)nn(-c2ccccc2)c1=O. The molecule has 132 valence electrons. The van der Waals surface area contributed by atoms with Gasteiger partial charge in [-0.3, -0.25) is 4.79 Å². The average molecular weight is 378 g/mol. The fourth-order valence-electron chi connectivity index (χ4n) is 2.49. The Balaban J connectivity index is 2.24. The van der Waals surface area contributed by atoms with Crippen LogP contribution < -0.4 is 5.56 Å². The number of carboxylic acid groups (broad SMARTS) is 1. The van der Waals surface area contributed by atoms with Gasteiger partial charge in [0, 0.05) is 10.6 Å². The van der Waals surface area contributed by atoms with E-state index in [1.807, 2.05) is 0 Å². The monoisotopic (exact) mass is 377 g/mol. The normalized spacial score (nSPS) is 10.7. The van der Waals surface area contributed by atoms with E-state index in [0.717, 1.165) is 4.68 Å². The molecule has 0 aliphatic rings. The maximum absolute atomic E-state index is 12.7. The van der Waals surface area contributed by atoms with Gasteiger partial charge in [0.25, 0.3) is 5.56 Å². The molecule has 0 saturated carbocycles. The Morgan fingerprint density at radius 2 is 1.78 bits per heavy atom. The number of aromatic carboxylic acids is 1. The number of para-hydroxylation sites is 1. The molecule has 3 aromatic rings. The molecule has 0 fully saturated rings. The van der Waals surface area contributed by atoms with Crippen molar-refractivity contribution in [2.24, 2.45) is 0 Å². The molecule has 0 saturated heterocycles. The van der Waals surface area contributed by atoms with E-state index < -0.39 is 17.2 Å². The Bertz CT molecular complexity index is 1150. The first-order valence-corrected chi connectivity index (χ1v) is 8.19. The minimum Gasteiger partial charge on any atom is -0.476 e. The summed E-state index contributed by atoms with van der Waals surface area (Å²) in [6, 6.07) is 17.0. The molecule has 0 aliphatic heterocycles. The van der Waals surface area contributed by atoms with Crippen LogP contribution >= 0.6 is 11.6 Å². The van der Waals surface area contributed by atoms with Gasteiger partial charge in [0.2, 0.25) is 0 Å². The van der Waals surface area contributed by atoms with Crippen molar-refractivity contribution in [2.45, 2.75) is 0 Å². The summed E-state index contributed by atoms with van der Waals surface area (Å²) in [6.45, 7) is 0. The van der Waals surface area contributed by atoms with Crippen molar-refractivity contribution in [1.82, 2.24) is 9.78 Å². The van der Waals surface area contributed by atoms with Gasteiger partial charge in [-0.15, -0.1) is 0 Å². The van der Waals surface area contributed by atoms with Gasteiger partial charge >= 0.3 is 5.97 Å². The Kier molecular flexibility index (Phi) is 5.15. The number of aromatic nitrogens is 2. The summed E-state index contributed by atoms with van der Waals surface area (Å²) in [5.74, 6) is -1.35. The molecule has 1 heterocycles. The van der Waals surface area contributed by atoms with Crippen LogP contribution in [0.2, 0.25) is 5.02 Å². The summed E-state index contributed by atoms with van der Waals surface area (Å²) in [5, 5.41) is 23.4. The minimum atomic E-state index is -1.35. The highest BCUT2D eigenvalue weighted by molar-refractivity contribution is 6.32. The first-order valence-electron chi connectivity index (χ1n) is 7.81. The number of hydrogen-bond donors (Lipinski definition) is 1. The fourth-order valence-corrected chi connectivity index (χ4v) is 2.69. The van der Waals surface area contributed by atoms with Crippen LogP contribution in [0.25, 0.3) is 17.8 Å². The van der Waals surface area contributed by atoms with Gasteiger partial charge in [0.15, 0.2) is 5.69 Å². The van der Waals surface area contributed by atoms with Crippen molar-refractivity contribution in [2.75, 3.05) is 0 Å². The smallest absolute Gasteiger partial charge is 0.357 e. The van der Waals surface area contributed by atoms with Gasteiger partial charge in [-0.05, 0) is 23.8 Å². The highest BCUT2D eigenvalue weighted by Gasteiger charge is 2.21. The number of benzene rings is 2. The third-order valence-electron chi connectivity index (χ3n) is 3.78. The molecule has 0 aliphatic carbocycles. The van der Waals surface area contributed by atoms with Crippen molar-refractivity contribution >= 4 is 29.7 Å². The van der Waals surface area contributed by atoms with Crippen molar-refractivity contribution < 1.29 is 9.90 Å². The second kappa shape index (κ2) is 7.68. The van der Waals surface area contributed by atoms with E-state index in [4.69, 9.17) is 11.6 Å². The zero-order valence-electron chi connectivity index (χ0n) is 13.8. The number of nitrogens with zero attached hydrogens (tertiary/aromatic N) is 3. The largest absolute Gasteiger partial charge is 0.476 e. The summed E-state index contributed by atoms with van der Waals surface area (Å²) >= 11 is 6.09. The highest BCUT2D eigenvalue weighted by Crippen LogP contribution is 2.20. The predicted molar refractivity (Wildman–Crippen MR) is 102 cm³/mol. The topological polar surface area (TPSA) is 96.0 Å². The Labute approximate surface area is 159 Å². The van der Waals surface area contributed by atoms with E-state index >= 15 is 0 Å². The first-order chi connectivity index (χ1) is 13.0. The molecule has 27 heavy (non-hydrogen) atoms. The molecule has 3 rings (SSSR count). The number of rotatable bonds is 4. The van der Waals surface area contributed by atoms with E-state index in [2.05, 4.69) is 5.10 Å². The van der Waals surface area contributed by atoms with Crippen LogP contribution in [0.5, 0.6) is 0 Å². The maximum atomic E-state index is 12.7. The molecule has 0 radical (unpaired) electrons. The van der Waals surface area contributed by atoms with Crippen LogP contribution in [0.1, 0.15) is 27.2 Å². The second-order valence-electron chi connectivity index (χ2n) is 5.46. The minimum absolute atomic E-state index is 0.0675. The zero-order chi connectivity index (χ0) is 19.4. The second-order valence-corrected chi connectivity index (χ2v) is 5.87. The van der Waals surface area contributed by atoms with Gasteiger partial charge in [0.1, 0.15) is 11.6 Å². The van der Waals surface area contributed by atoms with Crippen LogP contribution in [-0.2, 0) is 0 Å². The summed E-state index contributed by atoms with van der Waals surface area (Å²) in [7, 11) is 0. The van der Waals surface area contributed by atoms with Crippen molar-refractivity contribution in [3.63, 3.8) is 0 Å². The van der Waals surface area contributed by atoms with Gasteiger partial charge < -0.3 is 5.11 Å². The summed E-state index contributed by atoms with van der Waals surface area (Å²) < 4.78 is 0.912. The highest BCUT2D eigenvalue weighted by atomic mass is 35.5. The van der Waals surface area contributed by atoms with Crippen molar-refractivity contribution in [3.8, 4) is 11.8 Å². The lowest BCUT2D eigenvalue weighted by Gasteiger charge is -2.09. The molecular weight excluding hydrogens is 366 g/mol. The van der Waals surface area contributed by atoms with E-state index in [1.165, 1.54) is 6.08 Å². The number of nitriles is 1. The van der Waals surface area contributed by atoms with Gasteiger partial charge in [-0.2, -0.15) is 15.0 Å². The summed E-state index contributed by atoms with van der Waals surface area (Å²) in [6.07, 6.45) is 2.91. The number of hydrogen-bond acceptors (Lipinski definition) is 4. The molecule has 0 bridgehead atoms. The van der Waals surface area contributed by atoms with E-state index in [1.54, 1.807) is 66.7 Å². The molecule has 0 atom stereocenters.